The van der Waals surface area contributed by atoms with Crippen LogP contribution in [0.3, 0.4) is 0 Å². The van der Waals surface area contributed by atoms with Gasteiger partial charge in [-0.1, -0.05) is 0 Å². The smallest absolute Gasteiger partial charge is 0.0588 e. The average molecular weight is 224 g/mol. The highest BCUT2D eigenvalue weighted by Gasteiger charge is 1.92. The van der Waals surface area contributed by atoms with Gasteiger partial charge in [0, 0.05) is 17.6 Å². The number of nitrogens with zero attached hydrogens (tertiary/aromatic N) is 1. The number of aryl methyl sites for hydroxylation is 1. The van der Waals surface area contributed by atoms with Crippen molar-refractivity contribution in [2.24, 2.45) is 0 Å². The molecule has 2 N–H and O–H groups in total. The van der Waals surface area contributed by atoms with Crippen LogP contribution < -0.4 is 5.73 Å². The van der Waals surface area contributed by atoms with Gasteiger partial charge in [0.05, 0.1) is 4.47 Å². The van der Waals surface area contributed by atoms with Crippen LogP contribution in [0.4, 0.5) is 5.69 Å². The van der Waals surface area contributed by atoms with Gasteiger partial charge in [-0.25, -0.2) is 0 Å². The Morgan fingerprint density at radius 1 is 1.60 bits per heavy atom. The highest BCUT2D eigenvalue weighted by molar-refractivity contribution is 9.10. The maximum absolute atomic E-state index is 5.53. The quantitative estimate of drug-likeness (QED) is 0.732. The molecular formula is C6H8BrClN2. The van der Waals surface area contributed by atoms with E-state index in [2.05, 4.69) is 20.9 Å². The van der Waals surface area contributed by atoms with Crippen molar-refractivity contribution >= 4 is 34.0 Å². The Morgan fingerprint density at radius 3 is 2.60 bits per heavy atom. The first-order chi connectivity index (χ1) is 4.20. The Bertz CT molecular complexity index is 227. The monoisotopic (exact) mass is 222 g/mol. The fourth-order valence-electron chi connectivity index (χ4n) is 0.564. The van der Waals surface area contributed by atoms with Gasteiger partial charge in [0.2, 0.25) is 0 Å². The van der Waals surface area contributed by atoms with Gasteiger partial charge in [0.15, 0.2) is 0 Å². The van der Waals surface area contributed by atoms with Crippen molar-refractivity contribution in [2.45, 2.75) is 6.92 Å². The van der Waals surface area contributed by atoms with Crippen LogP contribution in [-0.2, 0) is 0 Å². The van der Waals surface area contributed by atoms with E-state index in [0.717, 1.165) is 15.9 Å². The number of anilines is 1. The molecule has 56 valence electrons. The van der Waals surface area contributed by atoms with Gasteiger partial charge in [-0.15, -0.1) is 12.4 Å². The van der Waals surface area contributed by atoms with Crippen LogP contribution in [0.25, 0.3) is 0 Å². The lowest BCUT2D eigenvalue weighted by Crippen LogP contribution is -1.88. The summed E-state index contributed by atoms with van der Waals surface area (Å²) in [5, 5.41) is 0. The zero-order valence-electron chi connectivity index (χ0n) is 5.47. The van der Waals surface area contributed by atoms with E-state index in [4.69, 9.17) is 5.73 Å². The fourth-order valence-corrected chi connectivity index (χ4v) is 0.781. The Balaban J connectivity index is 0.000000810. The summed E-state index contributed by atoms with van der Waals surface area (Å²) in [7, 11) is 0. The molecule has 1 rings (SSSR count). The van der Waals surface area contributed by atoms with Crippen LogP contribution >= 0.6 is 28.3 Å². The molecular weight excluding hydrogens is 215 g/mol. The van der Waals surface area contributed by atoms with Crippen molar-refractivity contribution in [3.05, 3.63) is 22.4 Å². The maximum Gasteiger partial charge on any atom is 0.0588 e. The lowest BCUT2D eigenvalue weighted by atomic mass is 10.3. The van der Waals surface area contributed by atoms with E-state index in [-0.39, 0.29) is 12.4 Å². The molecule has 0 saturated heterocycles. The normalized spacial score (nSPS) is 8.60. The molecule has 10 heavy (non-hydrogen) atoms. The van der Waals surface area contributed by atoms with E-state index in [9.17, 15) is 0 Å². The largest absolute Gasteiger partial charge is 0.398 e. The number of nitrogen functional groups attached to an aromatic ring is 1. The van der Waals surface area contributed by atoms with Crippen molar-refractivity contribution in [1.29, 1.82) is 0 Å². The average Bonchev–Trinajstić information content (AvgIpc) is 1.80. The minimum atomic E-state index is 0. The molecule has 4 heteroatoms. The lowest BCUT2D eigenvalue weighted by molar-refractivity contribution is 1.19. The minimum absolute atomic E-state index is 0. The highest BCUT2D eigenvalue weighted by Crippen LogP contribution is 2.17. The number of rotatable bonds is 0. The van der Waals surface area contributed by atoms with Gasteiger partial charge in [-0.3, -0.25) is 4.98 Å². The SMILES string of the molecule is Cc1cc(N)c(Br)cn1.Cl. The molecule has 0 aliphatic carbocycles. The summed E-state index contributed by atoms with van der Waals surface area (Å²) >= 11 is 3.24. The molecule has 2 nitrogen and oxygen atoms in total. The fraction of sp³-hybridized carbons (Fsp3) is 0.167. The van der Waals surface area contributed by atoms with Gasteiger partial charge in [0.25, 0.3) is 0 Å². The van der Waals surface area contributed by atoms with E-state index >= 15 is 0 Å². The molecule has 1 aromatic heterocycles. The lowest BCUT2D eigenvalue weighted by Gasteiger charge is -1.96. The summed E-state index contributed by atoms with van der Waals surface area (Å²) in [6, 6.07) is 1.82. The zero-order chi connectivity index (χ0) is 6.85. The Labute approximate surface area is 74.4 Å². The first kappa shape index (κ1) is 9.72. The summed E-state index contributed by atoms with van der Waals surface area (Å²) in [5.74, 6) is 0. The highest BCUT2D eigenvalue weighted by atomic mass is 79.9. The molecule has 0 amide bonds. The van der Waals surface area contributed by atoms with Gasteiger partial charge in [-0.2, -0.15) is 0 Å². The molecule has 1 heterocycles. The Morgan fingerprint density at radius 2 is 2.20 bits per heavy atom. The summed E-state index contributed by atoms with van der Waals surface area (Å²) < 4.78 is 0.855. The summed E-state index contributed by atoms with van der Waals surface area (Å²) in [5.41, 5.74) is 7.21. The molecule has 0 aromatic carbocycles. The van der Waals surface area contributed by atoms with Crippen LogP contribution in [0.5, 0.6) is 0 Å². The summed E-state index contributed by atoms with van der Waals surface area (Å²) in [6.07, 6.45) is 1.70. The second-order valence-electron chi connectivity index (χ2n) is 1.85. The number of halogens is 2. The Kier molecular flexibility index (Phi) is 3.68. The number of hydrogen-bond donors (Lipinski definition) is 1. The molecule has 0 radical (unpaired) electrons. The first-order valence-electron chi connectivity index (χ1n) is 2.58. The topological polar surface area (TPSA) is 38.9 Å². The van der Waals surface area contributed by atoms with Crippen LogP contribution in [-0.4, -0.2) is 4.98 Å². The molecule has 0 aliphatic heterocycles. The van der Waals surface area contributed by atoms with Gasteiger partial charge in [-0.05, 0) is 28.9 Å². The van der Waals surface area contributed by atoms with E-state index in [1.165, 1.54) is 0 Å². The predicted molar refractivity (Wildman–Crippen MR) is 48.3 cm³/mol. The van der Waals surface area contributed by atoms with E-state index in [0.29, 0.717) is 0 Å². The third kappa shape index (κ3) is 2.15. The number of nitrogens with two attached hydrogens (primary N) is 1. The van der Waals surface area contributed by atoms with Gasteiger partial charge < -0.3 is 5.73 Å². The van der Waals surface area contributed by atoms with Gasteiger partial charge >= 0.3 is 0 Å². The molecule has 0 bridgehead atoms. The van der Waals surface area contributed by atoms with Crippen LogP contribution in [0.2, 0.25) is 0 Å². The molecule has 0 saturated carbocycles. The van der Waals surface area contributed by atoms with Crippen molar-refractivity contribution in [1.82, 2.24) is 4.98 Å². The number of hydrogen-bond acceptors (Lipinski definition) is 2. The van der Waals surface area contributed by atoms with Crippen molar-refractivity contribution in [3.63, 3.8) is 0 Å². The molecule has 1 aromatic rings. The number of pyridine rings is 1. The molecule has 0 atom stereocenters. The second-order valence-corrected chi connectivity index (χ2v) is 2.70. The van der Waals surface area contributed by atoms with Crippen molar-refractivity contribution < 1.29 is 0 Å². The van der Waals surface area contributed by atoms with Crippen LogP contribution in [0.1, 0.15) is 5.69 Å². The van der Waals surface area contributed by atoms with E-state index in [1.54, 1.807) is 6.20 Å². The standard InChI is InChI=1S/C6H7BrN2.ClH/c1-4-2-6(8)5(7)3-9-4;/h2-3H,1H3,(H2,8,9);1H. The van der Waals surface area contributed by atoms with E-state index in [1.807, 2.05) is 13.0 Å². The Hall–Kier alpha value is -0.280. The van der Waals surface area contributed by atoms with Crippen molar-refractivity contribution in [2.75, 3.05) is 5.73 Å². The first-order valence-corrected chi connectivity index (χ1v) is 3.37. The molecule has 0 unspecified atom stereocenters. The molecule has 0 fully saturated rings. The van der Waals surface area contributed by atoms with E-state index < -0.39 is 0 Å². The van der Waals surface area contributed by atoms with Crippen LogP contribution in [0, 0.1) is 6.92 Å². The predicted octanol–water partition coefficient (Wildman–Crippen LogP) is 2.16. The van der Waals surface area contributed by atoms with Gasteiger partial charge in [0.1, 0.15) is 0 Å². The summed E-state index contributed by atoms with van der Waals surface area (Å²) in [4.78, 5) is 4.01. The third-order valence-electron chi connectivity index (χ3n) is 1.02. The molecule has 0 spiro atoms. The van der Waals surface area contributed by atoms with Crippen LogP contribution in [0.15, 0.2) is 16.7 Å². The van der Waals surface area contributed by atoms with Crippen molar-refractivity contribution in [3.8, 4) is 0 Å². The molecule has 0 aliphatic rings. The second kappa shape index (κ2) is 3.78. The maximum atomic E-state index is 5.53. The number of aromatic nitrogens is 1. The third-order valence-corrected chi connectivity index (χ3v) is 1.68. The zero-order valence-corrected chi connectivity index (χ0v) is 7.87. The minimum Gasteiger partial charge on any atom is -0.398 e. The summed E-state index contributed by atoms with van der Waals surface area (Å²) in [6.45, 7) is 1.91.